The van der Waals surface area contributed by atoms with E-state index in [0.29, 0.717) is 6.42 Å². The third kappa shape index (κ3) is 2.41. The van der Waals surface area contributed by atoms with Crippen molar-refractivity contribution in [3.63, 3.8) is 0 Å². The second-order valence-corrected chi connectivity index (χ2v) is 5.35. The number of hydrogen-bond acceptors (Lipinski definition) is 2. The summed E-state index contributed by atoms with van der Waals surface area (Å²) in [6.07, 6.45) is 0.940. The molecule has 2 N–H and O–H groups in total. The van der Waals surface area contributed by atoms with Gasteiger partial charge in [0.2, 0.25) is 0 Å². The Morgan fingerprint density at radius 2 is 2.15 bits per heavy atom. The Morgan fingerprint density at radius 3 is 2.95 bits per heavy atom. The molecule has 0 spiro atoms. The van der Waals surface area contributed by atoms with Crippen LogP contribution in [0.25, 0.3) is 0 Å². The van der Waals surface area contributed by atoms with E-state index in [1.165, 1.54) is 17.7 Å². The molecule has 3 heteroatoms. The van der Waals surface area contributed by atoms with E-state index in [9.17, 15) is 9.50 Å². The summed E-state index contributed by atoms with van der Waals surface area (Å²) >= 11 is 0. The van der Waals surface area contributed by atoms with Crippen molar-refractivity contribution in [2.45, 2.75) is 25.9 Å². The molecule has 0 radical (unpaired) electrons. The molecule has 0 amide bonds. The van der Waals surface area contributed by atoms with E-state index >= 15 is 0 Å². The summed E-state index contributed by atoms with van der Waals surface area (Å²) in [6.45, 7) is 2.80. The number of aliphatic hydroxyl groups excluding tert-OH is 1. The van der Waals surface area contributed by atoms with Gasteiger partial charge in [-0.1, -0.05) is 24.3 Å². The largest absolute Gasteiger partial charge is 0.388 e. The molecule has 104 valence electrons. The Balaban J connectivity index is 1.86. The van der Waals surface area contributed by atoms with E-state index in [0.717, 1.165) is 35.3 Å². The van der Waals surface area contributed by atoms with Gasteiger partial charge in [-0.15, -0.1) is 0 Å². The van der Waals surface area contributed by atoms with Crippen LogP contribution in [0.1, 0.15) is 28.4 Å². The first-order valence-electron chi connectivity index (χ1n) is 6.94. The van der Waals surface area contributed by atoms with Crippen LogP contribution in [-0.4, -0.2) is 11.7 Å². The molecule has 0 saturated heterocycles. The number of anilines is 1. The molecule has 2 aromatic rings. The molecule has 2 nitrogen and oxygen atoms in total. The highest BCUT2D eigenvalue weighted by atomic mass is 19.1. The number of aliphatic hydroxyl groups is 1. The number of para-hydroxylation sites is 1. The maximum Gasteiger partial charge on any atom is 0.123 e. The Morgan fingerprint density at radius 1 is 1.30 bits per heavy atom. The van der Waals surface area contributed by atoms with Gasteiger partial charge in [0.1, 0.15) is 5.82 Å². The monoisotopic (exact) mass is 271 g/mol. The summed E-state index contributed by atoms with van der Waals surface area (Å²) in [7, 11) is 0. The van der Waals surface area contributed by atoms with E-state index in [1.807, 2.05) is 19.1 Å². The zero-order valence-corrected chi connectivity index (χ0v) is 11.5. The minimum absolute atomic E-state index is 0.233. The van der Waals surface area contributed by atoms with Gasteiger partial charge in [-0.3, -0.25) is 0 Å². The Hall–Kier alpha value is -1.87. The zero-order chi connectivity index (χ0) is 14.1. The van der Waals surface area contributed by atoms with Gasteiger partial charge in [0.25, 0.3) is 0 Å². The van der Waals surface area contributed by atoms with Crippen LogP contribution in [0.4, 0.5) is 10.1 Å². The fraction of sp³-hybridized carbons (Fsp3) is 0.294. The number of rotatable bonds is 3. The normalized spacial score (nSPS) is 14.8. The predicted molar refractivity (Wildman–Crippen MR) is 78.4 cm³/mol. The summed E-state index contributed by atoms with van der Waals surface area (Å²) in [5.74, 6) is -0.233. The maximum atomic E-state index is 13.1. The molecule has 0 aromatic heterocycles. The van der Waals surface area contributed by atoms with Crippen molar-refractivity contribution in [3.8, 4) is 0 Å². The molecule has 0 saturated carbocycles. The number of benzene rings is 2. The van der Waals surface area contributed by atoms with E-state index in [4.69, 9.17) is 0 Å². The number of nitrogens with one attached hydrogen (secondary N) is 1. The molecular formula is C17H18FNO. The average molecular weight is 271 g/mol. The topological polar surface area (TPSA) is 32.3 Å². The third-order valence-corrected chi connectivity index (χ3v) is 3.96. The molecule has 1 unspecified atom stereocenters. The van der Waals surface area contributed by atoms with Crippen LogP contribution < -0.4 is 5.32 Å². The summed E-state index contributed by atoms with van der Waals surface area (Å²) in [6, 6.07) is 10.8. The lowest BCUT2D eigenvalue weighted by molar-refractivity contribution is 0.179. The standard InChI is InChI=1S/C17H18FNO/c1-11-9-14(18)6-5-13(11)10-16(20)15-4-2-3-12-7-8-19-17(12)15/h2-6,9,16,19-20H,7-8,10H2,1H3. The van der Waals surface area contributed by atoms with Crippen molar-refractivity contribution < 1.29 is 9.50 Å². The summed E-state index contributed by atoms with van der Waals surface area (Å²) in [5, 5.41) is 13.8. The highest BCUT2D eigenvalue weighted by Crippen LogP contribution is 2.32. The lowest BCUT2D eigenvalue weighted by atomic mass is 9.96. The molecule has 0 aliphatic carbocycles. The van der Waals surface area contributed by atoms with Crippen molar-refractivity contribution in [2.24, 2.45) is 0 Å². The molecule has 1 atom stereocenters. The Bertz CT molecular complexity index is 639. The van der Waals surface area contributed by atoms with E-state index in [1.54, 1.807) is 6.07 Å². The first-order chi connectivity index (χ1) is 9.65. The van der Waals surface area contributed by atoms with Gasteiger partial charge in [-0.25, -0.2) is 4.39 Å². The quantitative estimate of drug-likeness (QED) is 0.897. The fourth-order valence-corrected chi connectivity index (χ4v) is 2.85. The van der Waals surface area contributed by atoms with E-state index in [2.05, 4.69) is 11.4 Å². The summed E-state index contributed by atoms with van der Waals surface area (Å²) in [5.41, 5.74) is 5.12. The van der Waals surface area contributed by atoms with Gasteiger partial charge >= 0.3 is 0 Å². The van der Waals surface area contributed by atoms with E-state index in [-0.39, 0.29) is 5.82 Å². The molecule has 1 heterocycles. The third-order valence-electron chi connectivity index (χ3n) is 3.96. The van der Waals surface area contributed by atoms with Crippen molar-refractivity contribution in [1.82, 2.24) is 0 Å². The maximum absolute atomic E-state index is 13.1. The van der Waals surface area contributed by atoms with Crippen molar-refractivity contribution >= 4 is 5.69 Å². The highest BCUT2D eigenvalue weighted by Gasteiger charge is 2.19. The first kappa shape index (κ1) is 13.1. The van der Waals surface area contributed by atoms with Crippen LogP contribution in [0, 0.1) is 12.7 Å². The molecule has 3 rings (SSSR count). The van der Waals surface area contributed by atoms with Crippen LogP contribution in [0.5, 0.6) is 0 Å². The van der Waals surface area contributed by atoms with Gasteiger partial charge in [0, 0.05) is 24.2 Å². The molecule has 1 aliphatic rings. The van der Waals surface area contributed by atoms with Crippen LogP contribution in [-0.2, 0) is 12.8 Å². The second-order valence-electron chi connectivity index (χ2n) is 5.35. The lowest BCUT2D eigenvalue weighted by Crippen LogP contribution is -2.06. The smallest absolute Gasteiger partial charge is 0.123 e. The zero-order valence-electron chi connectivity index (χ0n) is 11.5. The van der Waals surface area contributed by atoms with Gasteiger partial charge < -0.3 is 10.4 Å². The van der Waals surface area contributed by atoms with Crippen LogP contribution in [0.3, 0.4) is 0 Å². The van der Waals surface area contributed by atoms with Crippen LogP contribution in [0.15, 0.2) is 36.4 Å². The number of fused-ring (bicyclic) bond motifs is 1. The van der Waals surface area contributed by atoms with Crippen molar-refractivity contribution in [1.29, 1.82) is 0 Å². The highest BCUT2D eigenvalue weighted by molar-refractivity contribution is 5.62. The number of aryl methyl sites for hydroxylation is 1. The Labute approximate surface area is 118 Å². The van der Waals surface area contributed by atoms with Crippen LogP contribution in [0.2, 0.25) is 0 Å². The predicted octanol–water partition coefficient (Wildman–Crippen LogP) is 3.38. The van der Waals surface area contributed by atoms with Gasteiger partial charge in [0.05, 0.1) is 6.10 Å². The van der Waals surface area contributed by atoms with Crippen molar-refractivity contribution in [2.75, 3.05) is 11.9 Å². The SMILES string of the molecule is Cc1cc(F)ccc1CC(O)c1cccc2c1NCC2. The number of halogens is 1. The average Bonchev–Trinajstić information content (AvgIpc) is 2.90. The summed E-state index contributed by atoms with van der Waals surface area (Å²) in [4.78, 5) is 0. The molecular weight excluding hydrogens is 253 g/mol. The molecule has 0 bridgehead atoms. The molecule has 2 aromatic carbocycles. The first-order valence-corrected chi connectivity index (χ1v) is 6.94. The van der Waals surface area contributed by atoms with Crippen LogP contribution >= 0.6 is 0 Å². The molecule has 0 fully saturated rings. The molecule has 1 aliphatic heterocycles. The van der Waals surface area contributed by atoms with Gasteiger partial charge in [-0.2, -0.15) is 0 Å². The Kier molecular flexibility index (Phi) is 3.45. The fourth-order valence-electron chi connectivity index (χ4n) is 2.85. The summed E-state index contributed by atoms with van der Waals surface area (Å²) < 4.78 is 13.1. The lowest BCUT2D eigenvalue weighted by Gasteiger charge is -2.16. The minimum atomic E-state index is -0.570. The molecule has 20 heavy (non-hydrogen) atoms. The number of hydrogen-bond donors (Lipinski definition) is 2. The van der Waals surface area contributed by atoms with E-state index < -0.39 is 6.10 Å². The van der Waals surface area contributed by atoms with Crippen molar-refractivity contribution in [3.05, 3.63) is 64.5 Å². The van der Waals surface area contributed by atoms with Gasteiger partial charge in [-0.05, 0) is 42.2 Å². The minimum Gasteiger partial charge on any atom is -0.388 e. The van der Waals surface area contributed by atoms with Gasteiger partial charge in [0.15, 0.2) is 0 Å². The second kappa shape index (κ2) is 5.25.